The van der Waals surface area contributed by atoms with E-state index in [9.17, 15) is 28.1 Å². The number of rotatable bonds is 11. The fourth-order valence-corrected chi connectivity index (χ4v) is 5.43. The molecule has 10 nitrogen and oxygen atoms in total. The summed E-state index contributed by atoms with van der Waals surface area (Å²) in [5.41, 5.74) is 0.147. The Kier molecular flexibility index (Phi) is 9.66. The molecule has 0 aliphatic rings. The van der Waals surface area contributed by atoms with Gasteiger partial charge in [0.1, 0.15) is 12.6 Å². The van der Waals surface area contributed by atoms with E-state index in [2.05, 4.69) is 5.32 Å². The minimum Gasteiger partial charge on any atom is -0.352 e. The van der Waals surface area contributed by atoms with Crippen molar-refractivity contribution in [1.29, 1.82) is 0 Å². The van der Waals surface area contributed by atoms with Crippen molar-refractivity contribution in [3.8, 4) is 0 Å². The first kappa shape index (κ1) is 29.6. The molecule has 0 spiro atoms. The first-order valence-corrected chi connectivity index (χ1v) is 13.9. The highest BCUT2D eigenvalue weighted by molar-refractivity contribution is 7.92. The van der Waals surface area contributed by atoms with E-state index in [-0.39, 0.29) is 28.9 Å². The van der Waals surface area contributed by atoms with E-state index in [1.54, 1.807) is 44.2 Å². The van der Waals surface area contributed by atoms with Crippen molar-refractivity contribution in [2.45, 2.75) is 44.3 Å². The lowest BCUT2D eigenvalue weighted by molar-refractivity contribution is -0.384. The van der Waals surface area contributed by atoms with Crippen LogP contribution in [0, 0.1) is 10.1 Å². The Labute approximate surface area is 232 Å². The van der Waals surface area contributed by atoms with Gasteiger partial charge in [0.2, 0.25) is 11.8 Å². The van der Waals surface area contributed by atoms with Gasteiger partial charge in [-0.05, 0) is 50.6 Å². The van der Waals surface area contributed by atoms with E-state index in [0.29, 0.717) is 10.6 Å². The van der Waals surface area contributed by atoms with Gasteiger partial charge in [-0.15, -0.1) is 0 Å². The highest BCUT2D eigenvalue weighted by Gasteiger charge is 2.33. The molecule has 0 heterocycles. The van der Waals surface area contributed by atoms with Crippen molar-refractivity contribution in [3.63, 3.8) is 0 Å². The number of carbonyl (C=O) groups is 2. The van der Waals surface area contributed by atoms with Crippen molar-refractivity contribution < 1.29 is 22.9 Å². The number of benzene rings is 3. The van der Waals surface area contributed by atoms with Crippen molar-refractivity contribution in [2.24, 2.45) is 0 Å². The number of nitrogens with one attached hydrogen (secondary N) is 1. The summed E-state index contributed by atoms with van der Waals surface area (Å²) in [4.78, 5) is 38.7. The monoisotopic (exact) mass is 572 g/mol. The van der Waals surface area contributed by atoms with Gasteiger partial charge in [0.15, 0.2) is 0 Å². The third kappa shape index (κ3) is 7.33. The van der Waals surface area contributed by atoms with Gasteiger partial charge < -0.3 is 10.2 Å². The van der Waals surface area contributed by atoms with E-state index in [0.717, 1.165) is 10.4 Å². The molecule has 0 aliphatic heterocycles. The lowest BCUT2D eigenvalue weighted by Crippen LogP contribution is -2.52. The smallest absolute Gasteiger partial charge is 0.271 e. The van der Waals surface area contributed by atoms with Crippen molar-refractivity contribution in [3.05, 3.63) is 99.6 Å². The summed E-state index contributed by atoms with van der Waals surface area (Å²) >= 11 is 6.33. The van der Waals surface area contributed by atoms with Crippen LogP contribution in [0.15, 0.2) is 83.8 Å². The second kappa shape index (κ2) is 12.7. The van der Waals surface area contributed by atoms with Gasteiger partial charge in [-0.3, -0.25) is 24.0 Å². The number of hydrogen-bond acceptors (Lipinski definition) is 6. The number of non-ortho nitro benzene ring substituents is 1. The highest BCUT2D eigenvalue weighted by Crippen LogP contribution is 2.28. The lowest BCUT2D eigenvalue weighted by atomic mass is 10.1. The van der Waals surface area contributed by atoms with Crippen LogP contribution in [-0.2, 0) is 26.2 Å². The number of halogens is 1. The summed E-state index contributed by atoms with van der Waals surface area (Å²) in [5.74, 6) is -1.13. The Morgan fingerprint density at radius 1 is 0.974 bits per heavy atom. The summed E-state index contributed by atoms with van der Waals surface area (Å²) < 4.78 is 28.2. The van der Waals surface area contributed by atoms with Crippen molar-refractivity contribution in [1.82, 2.24) is 10.2 Å². The van der Waals surface area contributed by atoms with Crippen LogP contribution in [0.3, 0.4) is 0 Å². The molecule has 3 aromatic rings. The van der Waals surface area contributed by atoms with E-state index < -0.39 is 39.3 Å². The van der Waals surface area contributed by atoms with E-state index in [1.165, 1.54) is 54.3 Å². The van der Waals surface area contributed by atoms with Crippen molar-refractivity contribution >= 4 is 44.8 Å². The van der Waals surface area contributed by atoms with Crippen LogP contribution in [0.4, 0.5) is 11.4 Å². The summed E-state index contributed by atoms with van der Waals surface area (Å²) in [6.07, 6.45) is 0. The van der Waals surface area contributed by atoms with Gasteiger partial charge in [0, 0.05) is 29.7 Å². The first-order chi connectivity index (χ1) is 18.4. The highest BCUT2D eigenvalue weighted by atomic mass is 35.5. The zero-order chi connectivity index (χ0) is 28.7. The number of nitro groups is 1. The van der Waals surface area contributed by atoms with Gasteiger partial charge >= 0.3 is 0 Å². The maximum absolute atomic E-state index is 13.8. The second-order valence-electron chi connectivity index (χ2n) is 9.05. The lowest BCUT2D eigenvalue weighted by Gasteiger charge is -2.32. The van der Waals surface area contributed by atoms with Crippen LogP contribution in [0.25, 0.3) is 0 Å². The summed E-state index contributed by atoms with van der Waals surface area (Å²) in [7, 11) is -4.33. The minimum atomic E-state index is -4.33. The molecule has 0 aliphatic carbocycles. The Morgan fingerprint density at radius 2 is 1.62 bits per heavy atom. The molecule has 0 unspecified atom stereocenters. The Hall–Kier alpha value is -3.96. The van der Waals surface area contributed by atoms with Crippen LogP contribution >= 0.6 is 11.6 Å². The largest absolute Gasteiger partial charge is 0.352 e. The second-order valence-corrected chi connectivity index (χ2v) is 11.3. The van der Waals surface area contributed by atoms with Crippen molar-refractivity contribution in [2.75, 3.05) is 10.8 Å². The molecule has 206 valence electrons. The topological polar surface area (TPSA) is 130 Å². The summed E-state index contributed by atoms with van der Waals surface area (Å²) in [6.45, 7) is 4.31. The number of amides is 2. The zero-order valence-corrected chi connectivity index (χ0v) is 23.2. The normalized spacial score (nSPS) is 12.0. The van der Waals surface area contributed by atoms with Crippen LogP contribution in [0.5, 0.6) is 0 Å². The third-order valence-corrected chi connectivity index (χ3v) is 7.99. The summed E-state index contributed by atoms with van der Waals surface area (Å²) in [5, 5.41) is 14.6. The van der Waals surface area contributed by atoms with Gasteiger partial charge in [0.25, 0.3) is 15.7 Å². The first-order valence-electron chi connectivity index (χ1n) is 12.1. The Morgan fingerprint density at radius 3 is 2.23 bits per heavy atom. The molecule has 0 saturated heterocycles. The molecular weight excluding hydrogens is 544 g/mol. The molecule has 12 heteroatoms. The number of carbonyl (C=O) groups excluding carboxylic acids is 2. The zero-order valence-electron chi connectivity index (χ0n) is 21.7. The van der Waals surface area contributed by atoms with E-state index >= 15 is 0 Å². The predicted molar refractivity (Wildman–Crippen MR) is 149 cm³/mol. The molecule has 0 bridgehead atoms. The molecule has 0 aromatic heterocycles. The number of nitro benzene ring substituents is 1. The minimum absolute atomic E-state index is 0.0701. The molecule has 3 rings (SSSR count). The third-order valence-electron chi connectivity index (χ3n) is 5.84. The Balaban J connectivity index is 2.08. The number of anilines is 1. The number of hydrogen-bond donors (Lipinski definition) is 1. The molecule has 2 amide bonds. The van der Waals surface area contributed by atoms with Crippen LogP contribution in [-0.4, -0.2) is 48.7 Å². The molecule has 0 radical (unpaired) electrons. The molecule has 3 aromatic carbocycles. The molecule has 0 fully saturated rings. The predicted octanol–water partition coefficient (Wildman–Crippen LogP) is 4.39. The summed E-state index contributed by atoms with van der Waals surface area (Å²) in [6, 6.07) is 18.1. The van der Waals surface area contributed by atoms with Gasteiger partial charge in [-0.2, -0.15) is 0 Å². The van der Waals surface area contributed by atoms with Gasteiger partial charge in [-0.1, -0.05) is 54.1 Å². The van der Waals surface area contributed by atoms with Crippen LogP contribution in [0.1, 0.15) is 26.3 Å². The fraction of sp³-hybridized carbons (Fsp3) is 0.259. The maximum Gasteiger partial charge on any atom is 0.271 e. The van der Waals surface area contributed by atoms with Crippen LogP contribution in [0.2, 0.25) is 5.02 Å². The maximum atomic E-state index is 13.8. The fourth-order valence-electron chi connectivity index (χ4n) is 3.81. The average molecular weight is 573 g/mol. The standard InChI is InChI=1S/C27H29ClN4O6S/c1-19(2)29-27(34)20(3)30(17-21-10-7-8-15-25(21)28)26(33)18-31(22-11-9-12-23(16-22)32(35)36)39(37,38)24-13-5-4-6-14-24/h4-16,19-20H,17-18H2,1-3H3,(H,29,34)/t20-/m1/s1. The molecule has 1 atom stereocenters. The molecule has 0 saturated carbocycles. The molecule has 39 heavy (non-hydrogen) atoms. The molecule has 1 N–H and O–H groups in total. The molecular formula is C27H29ClN4O6S. The number of sulfonamides is 1. The van der Waals surface area contributed by atoms with E-state index in [4.69, 9.17) is 11.6 Å². The van der Waals surface area contributed by atoms with Crippen LogP contribution < -0.4 is 9.62 Å². The van der Waals surface area contributed by atoms with E-state index in [1.807, 2.05) is 0 Å². The number of nitrogens with zero attached hydrogens (tertiary/aromatic N) is 3. The van der Waals surface area contributed by atoms with Gasteiger partial charge in [0.05, 0.1) is 15.5 Å². The SMILES string of the molecule is CC(C)NC(=O)[C@@H](C)N(Cc1ccccc1Cl)C(=O)CN(c1cccc([N+](=O)[O-])c1)S(=O)(=O)c1ccccc1. The Bertz CT molecular complexity index is 1450. The quantitative estimate of drug-likeness (QED) is 0.268. The average Bonchev–Trinajstić information content (AvgIpc) is 2.90. The van der Waals surface area contributed by atoms with Gasteiger partial charge in [-0.25, -0.2) is 8.42 Å².